The Hall–Kier alpha value is -1.16. The minimum Gasteiger partial charge on any atom is -0.383 e. The lowest BCUT2D eigenvalue weighted by Gasteiger charge is -1.96. The second kappa shape index (κ2) is 2.17. The number of hydrogen-bond donors (Lipinski definition) is 1. The molecule has 4 heteroatoms. The van der Waals surface area contributed by atoms with E-state index in [-0.39, 0.29) is 0 Å². The third-order valence-corrected chi connectivity index (χ3v) is 2.42. The first kappa shape index (κ1) is 6.54. The highest BCUT2D eigenvalue weighted by Crippen LogP contribution is 2.22. The monoisotopic (exact) mass is 165 g/mol. The Morgan fingerprint density at radius 3 is 3.09 bits per heavy atom. The summed E-state index contributed by atoms with van der Waals surface area (Å²) in [4.78, 5) is 8.20. The molecule has 0 fully saturated rings. The van der Waals surface area contributed by atoms with Gasteiger partial charge in [0.1, 0.15) is 5.82 Å². The molecule has 2 aromatic rings. The van der Waals surface area contributed by atoms with Gasteiger partial charge in [0, 0.05) is 11.8 Å². The van der Waals surface area contributed by atoms with Gasteiger partial charge in [0.2, 0.25) is 0 Å². The number of nitrogens with zero attached hydrogens (tertiary/aromatic N) is 2. The maximum Gasteiger partial charge on any atom is 0.128 e. The first-order valence-corrected chi connectivity index (χ1v) is 4.11. The summed E-state index contributed by atoms with van der Waals surface area (Å²) in [5.41, 5.74) is 9.35. The summed E-state index contributed by atoms with van der Waals surface area (Å²) in [6.45, 7) is 1.93. The highest BCUT2D eigenvalue weighted by atomic mass is 32.1. The van der Waals surface area contributed by atoms with Crippen LogP contribution in [0.3, 0.4) is 0 Å². The van der Waals surface area contributed by atoms with Gasteiger partial charge in [0.05, 0.1) is 15.7 Å². The van der Waals surface area contributed by atoms with E-state index in [1.807, 2.05) is 6.92 Å². The van der Waals surface area contributed by atoms with Crippen LogP contribution in [0.25, 0.3) is 10.2 Å². The van der Waals surface area contributed by atoms with Crippen LogP contribution in [-0.4, -0.2) is 9.97 Å². The maximum absolute atomic E-state index is 5.60. The van der Waals surface area contributed by atoms with E-state index in [1.54, 1.807) is 23.0 Å². The molecule has 0 aromatic carbocycles. The van der Waals surface area contributed by atoms with Crippen molar-refractivity contribution in [2.24, 2.45) is 0 Å². The lowest BCUT2D eigenvalue weighted by molar-refractivity contribution is 1.30. The molecule has 56 valence electrons. The van der Waals surface area contributed by atoms with Crippen molar-refractivity contribution in [3.63, 3.8) is 0 Å². The van der Waals surface area contributed by atoms with Crippen LogP contribution >= 0.6 is 11.3 Å². The largest absolute Gasteiger partial charge is 0.383 e. The van der Waals surface area contributed by atoms with Gasteiger partial charge in [-0.05, 0) is 6.92 Å². The van der Waals surface area contributed by atoms with Gasteiger partial charge in [-0.3, -0.25) is 0 Å². The van der Waals surface area contributed by atoms with Crippen LogP contribution in [0.15, 0.2) is 11.7 Å². The summed E-state index contributed by atoms with van der Waals surface area (Å²) in [6.07, 6.45) is 1.76. The molecule has 0 radical (unpaired) electrons. The van der Waals surface area contributed by atoms with Crippen molar-refractivity contribution in [1.82, 2.24) is 9.97 Å². The molecule has 0 aliphatic rings. The molecule has 0 atom stereocenters. The number of rotatable bonds is 0. The molecule has 2 N–H and O–H groups in total. The van der Waals surface area contributed by atoms with E-state index >= 15 is 0 Å². The molecule has 2 aromatic heterocycles. The zero-order chi connectivity index (χ0) is 7.84. The Bertz CT molecular complexity index is 393. The number of nitrogen functional groups attached to an aromatic ring is 1. The van der Waals surface area contributed by atoms with Crippen LogP contribution in [0.4, 0.5) is 5.82 Å². The van der Waals surface area contributed by atoms with E-state index < -0.39 is 0 Å². The van der Waals surface area contributed by atoms with Crippen molar-refractivity contribution >= 4 is 27.4 Å². The van der Waals surface area contributed by atoms with Gasteiger partial charge < -0.3 is 5.73 Å². The van der Waals surface area contributed by atoms with E-state index in [4.69, 9.17) is 5.73 Å². The van der Waals surface area contributed by atoms with E-state index in [0.717, 1.165) is 15.8 Å². The topological polar surface area (TPSA) is 51.8 Å². The third kappa shape index (κ3) is 0.867. The predicted octanol–water partition coefficient (Wildman–Crippen LogP) is 1.58. The van der Waals surface area contributed by atoms with Crippen molar-refractivity contribution in [1.29, 1.82) is 0 Å². The quantitative estimate of drug-likeness (QED) is 0.644. The van der Waals surface area contributed by atoms with Crippen molar-refractivity contribution in [2.75, 3.05) is 5.73 Å². The lowest BCUT2D eigenvalue weighted by Crippen LogP contribution is -1.93. The normalized spacial score (nSPS) is 10.6. The van der Waals surface area contributed by atoms with Gasteiger partial charge in [-0.1, -0.05) is 0 Å². The molecule has 11 heavy (non-hydrogen) atoms. The van der Waals surface area contributed by atoms with Crippen LogP contribution in [-0.2, 0) is 0 Å². The minimum atomic E-state index is 0.573. The van der Waals surface area contributed by atoms with Gasteiger partial charge in [-0.2, -0.15) is 0 Å². The number of aromatic nitrogens is 2. The number of hydrogen-bond acceptors (Lipinski definition) is 4. The summed E-state index contributed by atoms with van der Waals surface area (Å²) >= 11 is 1.58. The van der Waals surface area contributed by atoms with Crippen LogP contribution in [0.1, 0.15) is 5.56 Å². The average Bonchev–Trinajstić information content (AvgIpc) is 2.45. The maximum atomic E-state index is 5.60. The molecule has 0 spiro atoms. The van der Waals surface area contributed by atoms with Crippen molar-refractivity contribution in [3.05, 3.63) is 17.3 Å². The Labute approximate surface area is 67.9 Å². The van der Waals surface area contributed by atoms with Gasteiger partial charge in [-0.25, -0.2) is 9.97 Å². The molecule has 0 aliphatic heterocycles. The summed E-state index contributed by atoms with van der Waals surface area (Å²) in [5.74, 6) is 0.573. The molecule has 3 nitrogen and oxygen atoms in total. The number of thiazole rings is 1. The summed E-state index contributed by atoms with van der Waals surface area (Å²) in [6, 6.07) is 0. The molecule has 0 saturated heterocycles. The molecule has 2 heterocycles. The molecular weight excluding hydrogens is 158 g/mol. The lowest BCUT2D eigenvalue weighted by atomic mass is 10.2. The fourth-order valence-electron chi connectivity index (χ4n) is 0.975. The van der Waals surface area contributed by atoms with Crippen molar-refractivity contribution < 1.29 is 0 Å². The van der Waals surface area contributed by atoms with Gasteiger partial charge >= 0.3 is 0 Å². The highest BCUT2D eigenvalue weighted by molar-refractivity contribution is 7.16. The number of aryl methyl sites for hydroxylation is 1. The fourth-order valence-corrected chi connectivity index (χ4v) is 1.68. The molecular formula is C7H7N3S. The van der Waals surface area contributed by atoms with Crippen LogP contribution in [0, 0.1) is 6.92 Å². The Morgan fingerprint density at radius 2 is 2.27 bits per heavy atom. The summed E-state index contributed by atoms with van der Waals surface area (Å²) in [7, 11) is 0. The van der Waals surface area contributed by atoms with E-state index in [2.05, 4.69) is 9.97 Å². The van der Waals surface area contributed by atoms with E-state index in [0.29, 0.717) is 5.82 Å². The van der Waals surface area contributed by atoms with E-state index in [9.17, 15) is 0 Å². The molecule has 0 unspecified atom stereocenters. The van der Waals surface area contributed by atoms with Crippen LogP contribution in [0.2, 0.25) is 0 Å². The number of fused-ring (bicyclic) bond motifs is 1. The second-order valence-corrected chi connectivity index (χ2v) is 3.22. The van der Waals surface area contributed by atoms with Gasteiger partial charge in [0.25, 0.3) is 0 Å². The number of pyridine rings is 1. The fraction of sp³-hybridized carbons (Fsp3) is 0.143. The van der Waals surface area contributed by atoms with Crippen molar-refractivity contribution in [3.8, 4) is 0 Å². The number of nitrogens with two attached hydrogens (primary N) is 1. The Kier molecular flexibility index (Phi) is 1.29. The zero-order valence-electron chi connectivity index (χ0n) is 6.03. The first-order chi connectivity index (χ1) is 5.29. The van der Waals surface area contributed by atoms with Crippen LogP contribution < -0.4 is 5.73 Å². The third-order valence-electron chi connectivity index (χ3n) is 1.66. The molecule has 0 aliphatic carbocycles. The molecule has 2 rings (SSSR count). The summed E-state index contributed by atoms with van der Waals surface area (Å²) < 4.78 is 1.09. The standard InChI is InChI=1S/C7H7N3S/c1-4-6-5(11-3-10-6)2-9-7(4)8/h2-3H,1H3,(H2,8,9). The van der Waals surface area contributed by atoms with E-state index in [1.165, 1.54) is 0 Å². The first-order valence-electron chi connectivity index (χ1n) is 3.23. The summed E-state index contributed by atoms with van der Waals surface area (Å²) in [5, 5.41) is 0. The van der Waals surface area contributed by atoms with Gasteiger partial charge in [-0.15, -0.1) is 11.3 Å². The van der Waals surface area contributed by atoms with Gasteiger partial charge in [0.15, 0.2) is 0 Å². The molecule has 0 saturated carbocycles. The second-order valence-electron chi connectivity index (χ2n) is 2.33. The van der Waals surface area contributed by atoms with Crippen LogP contribution in [0.5, 0.6) is 0 Å². The SMILES string of the molecule is Cc1c(N)ncc2scnc12. The average molecular weight is 165 g/mol. The Balaban J connectivity index is 2.93. The Morgan fingerprint density at radius 1 is 1.45 bits per heavy atom. The zero-order valence-corrected chi connectivity index (χ0v) is 6.85. The predicted molar refractivity (Wildman–Crippen MR) is 46.6 cm³/mol. The number of anilines is 1. The minimum absolute atomic E-state index is 0.573. The molecule has 0 bridgehead atoms. The highest BCUT2D eigenvalue weighted by Gasteiger charge is 2.02. The van der Waals surface area contributed by atoms with Crippen molar-refractivity contribution in [2.45, 2.75) is 6.92 Å². The molecule has 0 amide bonds. The smallest absolute Gasteiger partial charge is 0.128 e.